The van der Waals surface area contributed by atoms with Crippen molar-refractivity contribution in [2.24, 2.45) is 4.99 Å². The zero-order chi connectivity index (χ0) is 16.0. The lowest BCUT2D eigenvalue weighted by Gasteiger charge is -2.22. The Bertz CT molecular complexity index is 573. The highest BCUT2D eigenvalue weighted by Gasteiger charge is 2.08. The van der Waals surface area contributed by atoms with Crippen LogP contribution in [-0.2, 0) is 22.3 Å². The third-order valence-electron chi connectivity index (χ3n) is 2.89. The van der Waals surface area contributed by atoms with E-state index in [1.807, 2.05) is 62.3 Å². The first-order valence-corrected chi connectivity index (χ1v) is 8.28. The summed E-state index contributed by atoms with van der Waals surface area (Å²) in [4.78, 5) is 8.46. The molecule has 1 N–H and O–H groups in total. The third-order valence-corrected chi connectivity index (χ3v) is 4.23. The van der Waals surface area contributed by atoms with Gasteiger partial charge in [-0.1, -0.05) is 24.3 Å². The van der Waals surface area contributed by atoms with Crippen molar-refractivity contribution < 1.29 is 8.42 Å². The minimum absolute atomic E-state index is 0. The van der Waals surface area contributed by atoms with Crippen LogP contribution < -0.4 is 4.72 Å². The third kappa shape index (κ3) is 6.93. The van der Waals surface area contributed by atoms with Crippen LogP contribution in [0.25, 0.3) is 0 Å². The van der Waals surface area contributed by atoms with E-state index in [2.05, 4.69) is 9.71 Å². The normalized spacial score (nSPS) is 10.6. The maximum absolute atomic E-state index is 11.5. The van der Waals surface area contributed by atoms with Crippen molar-refractivity contribution in [3.8, 4) is 0 Å². The second-order valence-electron chi connectivity index (χ2n) is 5.18. The minimum Gasteiger partial charge on any atom is -0.349 e. The highest BCUT2D eigenvalue weighted by atomic mass is 127. The van der Waals surface area contributed by atoms with Gasteiger partial charge < -0.3 is 9.80 Å². The van der Waals surface area contributed by atoms with Crippen LogP contribution in [0.4, 0.5) is 0 Å². The summed E-state index contributed by atoms with van der Waals surface area (Å²) in [5.41, 5.74) is 1.80. The first-order valence-electron chi connectivity index (χ1n) is 6.63. The van der Waals surface area contributed by atoms with Gasteiger partial charge in [0.1, 0.15) is 0 Å². The number of rotatable bonds is 5. The van der Waals surface area contributed by atoms with Crippen LogP contribution in [0.1, 0.15) is 11.1 Å². The highest BCUT2D eigenvalue weighted by molar-refractivity contribution is 14.0. The summed E-state index contributed by atoms with van der Waals surface area (Å²) >= 11 is 0. The summed E-state index contributed by atoms with van der Waals surface area (Å²) in [6, 6.07) is 7.47. The average molecular weight is 440 g/mol. The van der Waals surface area contributed by atoms with Crippen molar-refractivity contribution in [3.63, 3.8) is 0 Å². The molecule has 0 unspecified atom stereocenters. The zero-order valence-corrected chi connectivity index (χ0v) is 16.8. The number of nitrogens with one attached hydrogen (secondary N) is 1. The first-order chi connectivity index (χ1) is 9.75. The van der Waals surface area contributed by atoms with Crippen LogP contribution in [0, 0.1) is 0 Å². The van der Waals surface area contributed by atoms with E-state index in [-0.39, 0.29) is 29.7 Å². The van der Waals surface area contributed by atoms with E-state index in [4.69, 9.17) is 0 Å². The fourth-order valence-corrected chi connectivity index (χ4v) is 2.65. The van der Waals surface area contributed by atoms with Crippen LogP contribution in [0.15, 0.2) is 29.3 Å². The molecule has 0 heterocycles. The first kappa shape index (κ1) is 21.1. The van der Waals surface area contributed by atoms with Gasteiger partial charge in [0.25, 0.3) is 0 Å². The van der Waals surface area contributed by atoms with Crippen LogP contribution in [-0.4, -0.2) is 59.4 Å². The number of nitrogens with zero attached hydrogens (tertiary/aromatic N) is 3. The lowest BCUT2D eigenvalue weighted by atomic mass is 10.1. The molecule has 0 saturated carbocycles. The van der Waals surface area contributed by atoms with Gasteiger partial charge in [0, 0.05) is 28.2 Å². The smallest absolute Gasteiger partial charge is 0.215 e. The molecule has 0 amide bonds. The largest absolute Gasteiger partial charge is 0.349 e. The second kappa shape index (κ2) is 9.31. The molecule has 1 aromatic carbocycles. The molecule has 6 nitrogen and oxygen atoms in total. The Balaban J connectivity index is 0.00000441. The summed E-state index contributed by atoms with van der Waals surface area (Å²) in [5.74, 6) is 0.880. The van der Waals surface area contributed by atoms with E-state index in [0.717, 1.165) is 17.1 Å². The fourth-order valence-electron chi connectivity index (χ4n) is 1.88. The van der Waals surface area contributed by atoms with E-state index < -0.39 is 10.0 Å². The molecular weight excluding hydrogens is 415 g/mol. The Hall–Kier alpha value is -0.870. The molecule has 1 aromatic rings. The Kier molecular flexibility index (Phi) is 8.94. The number of hydrogen-bond acceptors (Lipinski definition) is 3. The molecule has 0 bridgehead atoms. The van der Waals surface area contributed by atoms with Crippen molar-refractivity contribution >= 4 is 40.0 Å². The van der Waals surface area contributed by atoms with Crippen LogP contribution in [0.3, 0.4) is 0 Å². The van der Waals surface area contributed by atoms with Gasteiger partial charge >= 0.3 is 0 Å². The summed E-state index contributed by atoms with van der Waals surface area (Å²) in [6.45, 7) is 0.560. The average Bonchev–Trinajstić information content (AvgIpc) is 2.40. The fraction of sp³-hybridized carbons (Fsp3) is 0.500. The number of hydrogen-bond donors (Lipinski definition) is 1. The van der Waals surface area contributed by atoms with Crippen molar-refractivity contribution in [1.82, 2.24) is 14.5 Å². The number of aliphatic imine (C=N–C) groups is 1. The monoisotopic (exact) mass is 440 g/mol. The predicted octanol–water partition coefficient (Wildman–Crippen LogP) is 1.33. The molecular formula is C14H25IN4O2S. The standard InChI is InChI=1S/C14H24N4O2S.HI/c1-15-21(19,20)11-13-8-6-12(7-9-13)10-16-14(17(2)3)18(4)5;/h6-9,15H,10-11H2,1-5H3;1H. The van der Waals surface area contributed by atoms with Crippen LogP contribution in [0.5, 0.6) is 0 Å². The van der Waals surface area contributed by atoms with Crippen molar-refractivity contribution in [2.75, 3.05) is 35.2 Å². The maximum Gasteiger partial charge on any atom is 0.215 e. The van der Waals surface area contributed by atoms with Gasteiger partial charge in [0.15, 0.2) is 5.96 Å². The quantitative estimate of drug-likeness (QED) is 0.427. The van der Waals surface area contributed by atoms with E-state index >= 15 is 0 Å². The summed E-state index contributed by atoms with van der Waals surface area (Å²) in [5, 5.41) is 0. The van der Waals surface area contributed by atoms with Crippen molar-refractivity contribution in [2.45, 2.75) is 12.3 Å². The predicted molar refractivity (Wildman–Crippen MR) is 102 cm³/mol. The van der Waals surface area contributed by atoms with Gasteiger partial charge in [-0.2, -0.15) is 0 Å². The Labute approximate surface area is 150 Å². The molecule has 0 saturated heterocycles. The van der Waals surface area contributed by atoms with Gasteiger partial charge in [-0.3, -0.25) is 0 Å². The SMILES string of the molecule is CNS(=O)(=O)Cc1ccc(CN=C(N(C)C)N(C)C)cc1.I. The number of benzene rings is 1. The van der Waals surface area contributed by atoms with Gasteiger partial charge in [-0.05, 0) is 18.2 Å². The molecule has 0 spiro atoms. The Morgan fingerprint density at radius 2 is 1.50 bits per heavy atom. The summed E-state index contributed by atoms with van der Waals surface area (Å²) < 4.78 is 25.3. The Morgan fingerprint density at radius 3 is 1.91 bits per heavy atom. The van der Waals surface area contributed by atoms with E-state index in [1.165, 1.54) is 7.05 Å². The van der Waals surface area contributed by atoms with Crippen molar-refractivity contribution in [3.05, 3.63) is 35.4 Å². The highest BCUT2D eigenvalue weighted by Crippen LogP contribution is 2.09. The number of guanidine groups is 1. The van der Waals surface area contributed by atoms with Crippen molar-refractivity contribution in [1.29, 1.82) is 0 Å². The van der Waals surface area contributed by atoms with E-state index in [9.17, 15) is 8.42 Å². The molecule has 0 atom stereocenters. The molecule has 0 aliphatic carbocycles. The molecule has 22 heavy (non-hydrogen) atoms. The summed E-state index contributed by atoms with van der Waals surface area (Å²) in [7, 11) is 5.99. The molecule has 0 aliphatic heterocycles. The number of sulfonamides is 1. The van der Waals surface area contributed by atoms with E-state index in [1.54, 1.807) is 0 Å². The van der Waals surface area contributed by atoms with Gasteiger partial charge in [0.05, 0.1) is 12.3 Å². The second-order valence-corrected chi connectivity index (χ2v) is 7.11. The Morgan fingerprint density at radius 1 is 1.05 bits per heavy atom. The topological polar surface area (TPSA) is 65.0 Å². The lowest BCUT2D eigenvalue weighted by molar-refractivity contribution is 0.479. The molecule has 0 aromatic heterocycles. The molecule has 126 valence electrons. The molecule has 0 fully saturated rings. The molecule has 0 radical (unpaired) electrons. The lowest BCUT2D eigenvalue weighted by Crippen LogP contribution is -2.35. The molecule has 1 rings (SSSR count). The van der Waals surface area contributed by atoms with Gasteiger partial charge in [0.2, 0.25) is 10.0 Å². The van der Waals surface area contributed by atoms with E-state index in [0.29, 0.717) is 6.54 Å². The molecule has 0 aliphatic rings. The van der Waals surface area contributed by atoms with Gasteiger partial charge in [-0.15, -0.1) is 24.0 Å². The minimum atomic E-state index is -3.22. The number of halogens is 1. The van der Waals surface area contributed by atoms with Crippen LogP contribution >= 0.6 is 24.0 Å². The van der Waals surface area contributed by atoms with Crippen LogP contribution in [0.2, 0.25) is 0 Å². The zero-order valence-electron chi connectivity index (χ0n) is 13.7. The van der Waals surface area contributed by atoms with Gasteiger partial charge in [-0.25, -0.2) is 18.1 Å². The summed E-state index contributed by atoms with van der Waals surface area (Å²) in [6.07, 6.45) is 0. The maximum atomic E-state index is 11.5. The molecule has 8 heteroatoms.